The molecule has 0 bridgehead atoms. The van der Waals surface area contributed by atoms with Crippen LogP contribution < -0.4 is 5.73 Å². The van der Waals surface area contributed by atoms with Crippen LogP contribution in [0.3, 0.4) is 0 Å². The molecule has 1 heterocycles. The molecule has 0 spiro atoms. The number of benzene rings is 1. The molecule has 0 aliphatic heterocycles. The number of nitrogens with one attached hydrogen (secondary N) is 1. The molecule has 0 unspecified atom stereocenters. The van der Waals surface area contributed by atoms with Gasteiger partial charge in [0.05, 0.1) is 11.0 Å². The molecule has 0 atom stereocenters. The standard InChI is InChI=1S/C11H15N3/c1-3-7-5-8(12)6-9-11(7)14-10(4-2)13-9/h5-6H,3-4,12H2,1-2H3,(H,13,14). The fourth-order valence-electron chi connectivity index (χ4n) is 1.70. The molecular formula is C11H15N3. The van der Waals surface area contributed by atoms with E-state index < -0.39 is 0 Å². The number of hydrogen-bond donors (Lipinski definition) is 2. The third kappa shape index (κ3) is 1.35. The maximum absolute atomic E-state index is 5.80. The van der Waals surface area contributed by atoms with Gasteiger partial charge in [0.2, 0.25) is 0 Å². The van der Waals surface area contributed by atoms with Crippen molar-refractivity contribution in [3.63, 3.8) is 0 Å². The van der Waals surface area contributed by atoms with Gasteiger partial charge in [0.25, 0.3) is 0 Å². The topological polar surface area (TPSA) is 54.7 Å². The van der Waals surface area contributed by atoms with Crippen LogP contribution in [0.4, 0.5) is 5.69 Å². The summed E-state index contributed by atoms with van der Waals surface area (Å²) in [7, 11) is 0. The Balaban J connectivity index is 2.71. The van der Waals surface area contributed by atoms with Crippen molar-refractivity contribution in [2.75, 3.05) is 5.73 Å². The van der Waals surface area contributed by atoms with Crippen LogP contribution in [0.1, 0.15) is 25.2 Å². The molecular weight excluding hydrogens is 174 g/mol. The van der Waals surface area contributed by atoms with Gasteiger partial charge in [0.15, 0.2) is 0 Å². The Bertz CT molecular complexity index is 457. The lowest BCUT2D eigenvalue weighted by molar-refractivity contribution is 0.998. The van der Waals surface area contributed by atoms with Gasteiger partial charge < -0.3 is 10.7 Å². The quantitative estimate of drug-likeness (QED) is 0.712. The number of H-pyrrole nitrogens is 1. The molecule has 0 amide bonds. The van der Waals surface area contributed by atoms with E-state index in [0.29, 0.717) is 0 Å². The third-order valence-electron chi connectivity index (χ3n) is 2.45. The molecule has 74 valence electrons. The van der Waals surface area contributed by atoms with Crippen molar-refractivity contribution in [1.29, 1.82) is 0 Å². The second-order valence-electron chi connectivity index (χ2n) is 3.47. The molecule has 0 fully saturated rings. The highest BCUT2D eigenvalue weighted by atomic mass is 14.9. The summed E-state index contributed by atoms with van der Waals surface area (Å²) in [6.07, 6.45) is 1.90. The van der Waals surface area contributed by atoms with Gasteiger partial charge in [-0.05, 0) is 24.1 Å². The van der Waals surface area contributed by atoms with E-state index in [9.17, 15) is 0 Å². The van der Waals surface area contributed by atoms with Crippen LogP contribution in [0.2, 0.25) is 0 Å². The maximum Gasteiger partial charge on any atom is 0.106 e. The van der Waals surface area contributed by atoms with Crippen molar-refractivity contribution in [1.82, 2.24) is 9.97 Å². The van der Waals surface area contributed by atoms with Crippen LogP contribution in [0.5, 0.6) is 0 Å². The second-order valence-corrected chi connectivity index (χ2v) is 3.47. The zero-order valence-corrected chi connectivity index (χ0v) is 8.59. The molecule has 0 saturated carbocycles. The second kappa shape index (κ2) is 3.33. The van der Waals surface area contributed by atoms with Crippen molar-refractivity contribution < 1.29 is 0 Å². The Morgan fingerprint density at radius 1 is 1.29 bits per heavy atom. The Labute approximate surface area is 83.3 Å². The fourth-order valence-corrected chi connectivity index (χ4v) is 1.70. The molecule has 1 aromatic heterocycles. The highest BCUT2D eigenvalue weighted by molar-refractivity contribution is 5.82. The van der Waals surface area contributed by atoms with E-state index in [1.807, 2.05) is 12.1 Å². The first kappa shape index (κ1) is 9.06. The predicted molar refractivity (Wildman–Crippen MR) is 59.3 cm³/mol. The SMILES string of the molecule is CCc1nc2c(CC)cc(N)cc2[nH]1. The number of nitrogen functional groups attached to an aromatic ring is 1. The molecule has 2 rings (SSSR count). The fraction of sp³-hybridized carbons (Fsp3) is 0.364. The average Bonchev–Trinajstić information content (AvgIpc) is 2.59. The number of anilines is 1. The molecule has 3 N–H and O–H groups in total. The minimum absolute atomic E-state index is 0.806. The number of aromatic amines is 1. The van der Waals surface area contributed by atoms with Gasteiger partial charge >= 0.3 is 0 Å². The average molecular weight is 189 g/mol. The Morgan fingerprint density at radius 2 is 2.07 bits per heavy atom. The lowest BCUT2D eigenvalue weighted by Crippen LogP contribution is -1.89. The van der Waals surface area contributed by atoms with Crippen LogP contribution in [0.15, 0.2) is 12.1 Å². The number of aromatic nitrogens is 2. The van der Waals surface area contributed by atoms with Gasteiger partial charge in [-0.1, -0.05) is 13.8 Å². The van der Waals surface area contributed by atoms with Crippen molar-refractivity contribution in [2.45, 2.75) is 26.7 Å². The first-order valence-corrected chi connectivity index (χ1v) is 5.01. The Hall–Kier alpha value is -1.51. The summed E-state index contributed by atoms with van der Waals surface area (Å²) in [5.41, 5.74) is 9.95. The molecule has 14 heavy (non-hydrogen) atoms. The third-order valence-corrected chi connectivity index (χ3v) is 2.45. The van der Waals surface area contributed by atoms with Crippen molar-refractivity contribution in [2.24, 2.45) is 0 Å². The zero-order chi connectivity index (χ0) is 10.1. The number of imidazole rings is 1. The zero-order valence-electron chi connectivity index (χ0n) is 8.59. The van der Waals surface area contributed by atoms with E-state index >= 15 is 0 Å². The molecule has 3 nitrogen and oxygen atoms in total. The monoisotopic (exact) mass is 189 g/mol. The molecule has 0 radical (unpaired) electrons. The maximum atomic E-state index is 5.80. The van der Waals surface area contributed by atoms with Crippen molar-refractivity contribution in [3.8, 4) is 0 Å². The van der Waals surface area contributed by atoms with Gasteiger partial charge in [-0.3, -0.25) is 0 Å². The van der Waals surface area contributed by atoms with E-state index in [-0.39, 0.29) is 0 Å². The van der Waals surface area contributed by atoms with Crippen LogP contribution in [-0.2, 0) is 12.8 Å². The summed E-state index contributed by atoms with van der Waals surface area (Å²) in [5, 5.41) is 0. The minimum Gasteiger partial charge on any atom is -0.399 e. The summed E-state index contributed by atoms with van der Waals surface area (Å²) < 4.78 is 0. The van der Waals surface area contributed by atoms with Crippen LogP contribution in [0, 0.1) is 0 Å². The van der Waals surface area contributed by atoms with E-state index in [1.165, 1.54) is 5.56 Å². The number of rotatable bonds is 2. The van der Waals surface area contributed by atoms with Gasteiger partial charge in [-0.2, -0.15) is 0 Å². The summed E-state index contributed by atoms with van der Waals surface area (Å²) >= 11 is 0. The molecule has 2 aromatic rings. The van der Waals surface area contributed by atoms with E-state index in [2.05, 4.69) is 23.8 Å². The number of fused-ring (bicyclic) bond motifs is 1. The molecule has 3 heteroatoms. The summed E-state index contributed by atoms with van der Waals surface area (Å²) in [6, 6.07) is 3.95. The first-order chi connectivity index (χ1) is 6.74. The summed E-state index contributed by atoms with van der Waals surface area (Å²) in [5.74, 6) is 1.03. The number of aryl methyl sites for hydroxylation is 2. The molecule has 0 saturated heterocycles. The predicted octanol–water partition coefficient (Wildman–Crippen LogP) is 2.27. The van der Waals surface area contributed by atoms with Gasteiger partial charge in [-0.15, -0.1) is 0 Å². The molecule has 1 aromatic carbocycles. The number of nitrogens with two attached hydrogens (primary N) is 1. The number of hydrogen-bond acceptors (Lipinski definition) is 2. The highest BCUT2D eigenvalue weighted by Crippen LogP contribution is 2.21. The Morgan fingerprint density at radius 3 is 2.71 bits per heavy atom. The van der Waals surface area contributed by atoms with E-state index in [1.54, 1.807) is 0 Å². The summed E-state index contributed by atoms with van der Waals surface area (Å²) in [6.45, 7) is 4.21. The minimum atomic E-state index is 0.806. The Kier molecular flexibility index (Phi) is 2.15. The number of nitrogens with zero attached hydrogens (tertiary/aromatic N) is 1. The lowest BCUT2D eigenvalue weighted by atomic mass is 10.1. The van der Waals surface area contributed by atoms with E-state index in [0.717, 1.165) is 35.4 Å². The van der Waals surface area contributed by atoms with Gasteiger partial charge in [0.1, 0.15) is 5.82 Å². The normalized spacial score (nSPS) is 11.0. The summed E-state index contributed by atoms with van der Waals surface area (Å²) in [4.78, 5) is 7.80. The van der Waals surface area contributed by atoms with Crippen molar-refractivity contribution in [3.05, 3.63) is 23.5 Å². The van der Waals surface area contributed by atoms with E-state index in [4.69, 9.17) is 5.73 Å². The van der Waals surface area contributed by atoms with Crippen LogP contribution >= 0.6 is 0 Å². The van der Waals surface area contributed by atoms with Gasteiger partial charge in [-0.25, -0.2) is 4.98 Å². The van der Waals surface area contributed by atoms with Crippen LogP contribution in [-0.4, -0.2) is 9.97 Å². The van der Waals surface area contributed by atoms with Crippen LogP contribution in [0.25, 0.3) is 11.0 Å². The van der Waals surface area contributed by atoms with Crippen molar-refractivity contribution >= 4 is 16.7 Å². The first-order valence-electron chi connectivity index (χ1n) is 5.01. The largest absolute Gasteiger partial charge is 0.399 e. The highest BCUT2D eigenvalue weighted by Gasteiger charge is 2.06. The lowest BCUT2D eigenvalue weighted by Gasteiger charge is -1.99. The molecule has 0 aliphatic carbocycles. The smallest absolute Gasteiger partial charge is 0.106 e. The van der Waals surface area contributed by atoms with Gasteiger partial charge in [0, 0.05) is 12.1 Å². The molecule has 0 aliphatic rings.